The van der Waals surface area contributed by atoms with E-state index >= 15 is 0 Å². The standard InChI is InChI=1S/C10H20O2/c1-8-9(6-11)4-3-5-10(8,2)7-12/h8-9,11-12H,3-7H2,1-2H3. The Morgan fingerprint density at radius 2 is 2.08 bits per heavy atom. The second kappa shape index (κ2) is 3.75. The second-order valence-electron chi connectivity index (χ2n) is 4.44. The van der Waals surface area contributed by atoms with Crippen LogP contribution in [0.1, 0.15) is 33.1 Å². The van der Waals surface area contributed by atoms with Crippen LogP contribution in [-0.2, 0) is 0 Å². The van der Waals surface area contributed by atoms with Gasteiger partial charge >= 0.3 is 0 Å². The van der Waals surface area contributed by atoms with E-state index in [9.17, 15) is 5.11 Å². The molecule has 0 heterocycles. The molecule has 0 aromatic rings. The zero-order valence-electron chi connectivity index (χ0n) is 8.08. The molecule has 1 aliphatic rings. The third-order valence-electron chi connectivity index (χ3n) is 3.72. The van der Waals surface area contributed by atoms with Gasteiger partial charge in [-0.05, 0) is 30.1 Å². The van der Waals surface area contributed by atoms with E-state index in [0.29, 0.717) is 11.8 Å². The largest absolute Gasteiger partial charge is 0.396 e. The summed E-state index contributed by atoms with van der Waals surface area (Å²) in [7, 11) is 0. The van der Waals surface area contributed by atoms with Gasteiger partial charge < -0.3 is 10.2 Å². The van der Waals surface area contributed by atoms with Crippen molar-refractivity contribution in [3.8, 4) is 0 Å². The molecule has 0 amide bonds. The molecule has 0 spiro atoms. The summed E-state index contributed by atoms with van der Waals surface area (Å²) in [6, 6.07) is 0. The quantitative estimate of drug-likeness (QED) is 0.661. The molecule has 3 unspecified atom stereocenters. The summed E-state index contributed by atoms with van der Waals surface area (Å²) in [6.07, 6.45) is 3.36. The van der Waals surface area contributed by atoms with Crippen molar-refractivity contribution in [1.82, 2.24) is 0 Å². The fourth-order valence-electron chi connectivity index (χ4n) is 2.29. The predicted octanol–water partition coefficient (Wildman–Crippen LogP) is 1.41. The molecule has 1 fully saturated rings. The maximum absolute atomic E-state index is 9.25. The Labute approximate surface area is 74.6 Å². The van der Waals surface area contributed by atoms with Crippen molar-refractivity contribution in [3.05, 3.63) is 0 Å². The molecular weight excluding hydrogens is 152 g/mol. The SMILES string of the molecule is CC1C(CO)CCCC1(C)CO. The molecule has 2 N–H and O–H groups in total. The zero-order valence-corrected chi connectivity index (χ0v) is 8.08. The first-order valence-electron chi connectivity index (χ1n) is 4.86. The number of aliphatic hydroxyl groups excluding tert-OH is 2. The van der Waals surface area contributed by atoms with Crippen molar-refractivity contribution >= 4 is 0 Å². The summed E-state index contributed by atoms with van der Waals surface area (Å²) in [4.78, 5) is 0. The highest BCUT2D eigenvalue weighted by Crippen LogP contribution is 2.43. The average molecular weight is 172 g/mol. The number of aliphatic hydroxyl groups is 2. The van der Waals surface area contributed by atoms with E-state index in [1.807, 2.05) is 0 Å². The van der Waals surface area contributed by atoms with Gasteiger partial charge in [-0.1, -0.05) is 20.3 Å². The Balaban J connectivity index is 2.65. The van der Waals surface area contributed by atoms with Crippen LogP contribution in [-0.4, -0.2) is 23.4 Å². The van der Waals surface area contributed by atoms with E-state index < -0.39 is 0 Å². The summed E-state index contributed by atoms with van der Waals surface area (Å²) >= 11 is 0. The summed E-state index contributed by atoms with van der Waals surface area (Å²) < 4.78 is 0. The number of rotatable bonds is 2. The first-order chi connectivity index (χ1) is 5.64. The van der Waals surface area contributed by atoms with E-state index in [1.165, 1.54) is 0 Å². The van der Waals surface area contributed by atoms with E-state index in [-0.39, 0.29) is 18.6 Å². The first kappa shape index (κ1) is 10.0. The molecule has 2 nitrogen and oxygen atoms in total. The molecule has 0 radical (unpaired) electrons. The van der Waals surface area contributed by atoms with E-state index in [1.54, 1.807) is 0 Å². The smallest absolute Gasteiger partial charge is 0.0487 e. The highest BCUT2D eigenvalue weighted by Gasteiger charge is 2.38. The van der Waals surface area contributed by atoms with Gasteiger partial charge in [0.1, 0.15) is 0 Å². The third kappa shape index (κ3) is 1.64. The van der Waals surface area contributed by atoms with Crippen molar-refractivity contribution < 1.29 is 10.2 Å². The molecule has 1 aliphatic carbocycles. The number of hydrogen-bond donors (Lipinski definition) is 2. The van der Waals surface area contributed by atoms with E-state index in [2.05, 4.69) is 13.8 Å². The monoisotopic (exact) mass is 172 g/mol. The van der Waals surface area contributed by atoms with E-state index in [4.69, 9.17) is 5.11 Å². The van der Waals surface area contributed by atoms with Crippen molar-refractivity contribution in [2.24, 2.45) is 17.3 Å². The Morgan fingerprint density at radius 3 is 2.58 bits per heavy atom. The van der Waals surface area contributed by atoms with E-state index in [0.717, 1.165) is 19.3 Å². The lowest BCUT2D eigenvalue weighted by Gasteiger charge is -2.42. The zero-order chi connectivity index (χ0) is 9.19. The lowest BCUT2D eigenvalue weighted by Crippen LogP contribution is -2.39. The van der Waals surface area contributed by atoms with Crippen LogP contribution in [0.3, 0.4) is 0 Å². The molecular formula is C10H20O2. The molecule has 12 heavy (non-hydrogen) atoms. The highest BCUT2D eigenvalue weighted by molar-refractivity contribution is 4.87. The second-order valence-corrected chi connectivity index (χ2v) is 4.44. The van der Waals surface area contributed by atoms with Crippen LogP contribution in [0.15, 0.2) is 0 Å². The Kier molecular flexibility index (Phi) is 3.13. The summed E-state index contributed by atoms with van der Waals surface area (Å²) in [5, 5.41) is 18.4. The molecule has 0 bridgehead atoms. The number of hydrogen-bond acceptors (Lipinski definition) is 2. The Bertz CT molecular complexity index is 147. The third-order valence-corrected chi connectivity index (χ3v) is 3.72. The fraction of sp³-hybridized carbons (Fsp3) is 1.00. The van der Waals surface area contributed by atoms with Crippen LogP contribution in [0.25, 0.3) is 0 Å². The molecule has 1 saturated carbocycles. The molecule has 0 aromatic heterocycles. The van der Waals surface area contributed by atoms with Gasteiger partial charge in [0.15, 0.2) is 0 Å². The molecule has 0 saturated heterocycles. The van der Waals surface area contributed by atoms with Crippen LogP contribution in [0, 0.1) is 17.3 Å². The van der Waals surface area contributed by atoms with Crippen molar-refractivity contribution in [2.45, 2.75) is 33.1 Å². The first-order valence-corrected chi connectivity index (χ1v) is 4.86. The molecule has 2 heteroatoms. The molecule has 1 rings (SSSR count). The van der Waals surface area contributed by atoms with Crippen LogP contribution in [0.2, 0.25) is 0 Å². The van der Waals surface area contributed by atoms with Gasteiger partial charge in [-0.2, -0.15) is 0 Å². The minimum Gasteiger partial charge on any atom is -0.396 e. The van der Waals surface area contributed by atoms with Crippen LogP contribution in [0.5, 0.6) is 0 Å². The predicted molar refractivity (Wildman–Crippen MR) is 48.8 cm³/mol. The average Bonchev–Trinajstić information content (AvgIpc) is 2.10. The van der Waals surface area contributed by atoms with Crippen LogP contribution < -0.4 is 0 Å². The molecule has 0 aliphatic heterocycles. The summed E-state index contributed by atoms with van der Waals surface area (Å²) in [6.45, 7) is 4.80. The van der Waals surface area contributed by atoms with Crippen LogP contribution >= 0.6 is 0 Å². The molecule has 3 atom stereocenters. The van der Waals surface area contributed by atoms with Crippen LogP contribution in [0.4, 0.5) is 0 Å². The van der Waals surface area contributed by atoms with Crippen molar-refractivity contribution in [3.63, 3.8) is 0 Å². The Morgan fingerprint density at radius 1 is 1.42 bits per heavy atom. The minimum absolute atomic E-state index is 0.0473. The van der Waals surface area contributed by atoms with Gasteiger partial charge in [-0.3, -0.25) is 0 Å². The lowest BCUT2D eigenvalue weighted by atomic mass is 9.64. The Hall–Kier alpha value is -0.0800. The maximum atomic E-state index is 9.25. The van der Waals surface area contributed by atoms with Crippen molar-refractivity contribution in [1.29, 1.82) is 0 Å². The van der Waals surface area contributed by atoms with Gasteiger partial charge in [-0.15, -0.1) is 0 Å². The van der Waals surface area contributed by atoms with Gasteiger partial charge in [0.05, 0.1) is 0 Å². The topological polar surface area (TPSA) is 40.5 Å². The molecule has 0 aromatic carbocycles. The normalized spacial score (nSPS) is 43.0. The van der Waals surface area contributed by atoms with Gasteiger partial charge in [0.2, 0.25) is 0 Å². The van der Waals surface area contributed by atoms with Gasteiger partial charge in [0.25, 0.3) is 0 Å². The molecule has 72 valence electrons. The summed E-state index contributed by atoms with van der Waals surface area (Å²) in [5.74, 6) is 0.845. The maximum Gasteiger partial charge on any atom is 0.0487 e. The fourth-order valence-corrected chi connectivity index (χ4v) is 2.29. The lowest BCUT2D eigenvalue weighted by molar-refractivity contribution is -0.00519. The summed E-state index contributed by atoms with van der Waals surface area (Å²) in [5.41, 5.74) is 0.0473. The van der Waals surface area contributed by atoms with Gasteiger partial charge in [-0.25, -0.2) is 0 Å². The minimum atomic E-state index is 0.0473. The van der Waals surface area contributed by atoms with Crippen molar-refractivity contribution in [2.75, 3.05) is 13.2 Å². The van der Waals surface area contributed by atoms with Gasteiger partial charge in [0, 0.05) is 13.2 Å². The highest BCUT2D eigenvalue weighted by atomic mass is 16.3.